The number of nitrogens with zero attached hydrogens (tertiary/aromatic N) is 2. The molecule has 7 heteroatoms. The minimum Gasteiger partial charge on any atom is -0.391 e. The highest BCUT2D eigenvalue weighted by molar-refractivity contribution is 5.99. The van der Waals surface area contributed by atoms with Crippen LogP contribution in [-0.2, 0) is 12.8 Å². The maximum atomic E-state index is 15.0. The number of nitrogens with one attached hydrogen (secondary N) is 1. The molecule has 2 atom stereocenters. The number of aliphatic hydroxyl groups is 1. The normalized spacial score (nSPS) is 23.1. The van der Waals surface area contributed by atoms with Crippen LogP contribution in [0.4, 0.5) is 10.1 Å². The van der Waals surface area contributed by atoms with Crippen LogP contribution < -0.4 is 11.1 Å². The summed E-state index contributed by atoms with van der Waals surface area (Å²) < 4.78 is 16.8. The number of nitrogens with two attached hydrogens (primary N) is 1. The lowest BCUT2D eigenvalue weighted by molar-refractivity contribution is 0.0997. The molecule has 1 fully saturated rings. The van der Waals surface area contributed by atoms with Crippen molar-refractivity contribution < 1.29 is 14.3 Å². The van der Waals surface area contributed by atoms with Crippen molar-refractivity contribution >= 4 is 11.6 Å². The summed E-state index contributed by atoms with van der Waals surface area (Å²) in [5, 5.41) is 18.0. The van der Waals surface area contributed by atoms with Crippen molar-refractivity contribution in [2.75, 3.05) is 5.32 Å². The van der Waals surface area contributed by atoms with Gasteiger partial charge in [-0.15, -0.1) is 0 Å². The Hall–Kier alpha value is -2.41. The first kappa shape index (κ1) is 19.9. The highest BCUT2D eigenvalue weighted by atomic mass is 19.1. The van der Waals surface area contributed by atoms with Crippen molar-refractivity contribution in [1.29, 1.82) is 0 Å². The molecule has 1 heterocycles. The molecule has 6 nitrogen and oxygen atoms in total. The third kappa shape index (κ3) is 3.64. The van der Waals surface area contributed by atoms with Crippen LogP contribution in [-0.4, -0.2) is 32.9 Å². The molecule has 29 heavy (non-hydrogen) atoms. The third-order valence-corrected chi connectivity index (χ3v) is 6.37. The molecule has 0 radical (unpaired) electrons. The number of hydrogen-bond donors (Lipinski definition) is 3. The molecule has 0 saturated heterocycles. The lowest BCUT2D eigenvalue weighted by Crippen LogP contribution is -2.30. The van der Waals surface area contributed by atoms with Gasteiger partial charge in [-0.2, -0.15) is 5.10 Å². The summed E-state index contributed by atoms with van der Waals surface area (Å²) in [6, 6.07) is 2.82. The van der Waals surface area contributed by atoms with Crippen LogP contribution in [0.1, 0.15) is 66.8 Å². The van der Waals surface area contributed by atoms with Gasteiger partial charge < -0.3 is 16.2 Å². The van der Waals surface area contributed by atoms with E-state index in [9.17, 15) is 14.3 Å². The second-order valence-electron chi connectivity index (χ2n) is 9.23. The predicted octanol–water partition coefficient (Wildman–Crippen LogP) is 3.26. The Labute approximate surface area is 170 Å². The van der Waals surface area contributed by atoms with Crippen molar-refractivity contribution in [2.45, 2.75) is 71.4 Å². The Bertz CT molecular complexity index is 966. The van der Waals surface area contributed by atoms with Crippen LogP contribution in [0.5, 0.6) is 0 Å². The Morgan fingerprint density at radius 2 is 2.14 bits per heavy atom. The van der Waals surface area contributed by atoms with Gasteiger partial charge in [-0.1, -0.05) is 13.8 Å². The Morgan fingerprint density at radius 1 is 1.38 bits per heavy atom. The average molecular weight is 400 g/mol. The molecule has 1 saturated carbocycles. The number of amides is 1. The molecule has 156 valence electrons. The van der Waals surface area contributed by atoms with Gasteiger partial charge in [0, 0.05) is 11.8 Å². The van der Waals surface area contributed by atoms with E-state index in [2.05, 4.69) is 24.3 Å². The summed E-state index contributed by atoms with van der Waals surface area (Å²) in [7, 11) is 0. The first-order valence-corrected chi connectivity index (χ1v) is 10.3. The fourth-order valence-corrected chi connectivity index (χ4v) is 4.72. The second kappa shape index (κ2) is 7.13. The van der Waals surface area contributed by atoms with Crippen LogP contribution in [0.25, 0.3) is 5.69 Å². The Morgan fingerprint density at radius 3 is 2.79 bits per heavy atom. The fourth-order valence-electron chi connectivity index (χ4n) is 4.72. The maximum absolute atomic E-state index is 15.0. The first-order chi connectivity index (χ1) is 13.7. The van der Waals surface area contributed by atoms with Crippen LogP contribution in [0.2, 0.25) is 0 Å². The minimum absolute atomic E-state index is 0.151. The van der Waals surface area contributed by atoms with Gasteiger partial charge in [0.15, 0.2) is 0 Å². The number of rotatable bonds is 4. The van der Waals surface area contributed by atoms with Crippen molar-refractivity contribution in [1.82, 2.24) is 9.78 Å². The molecule has 2 aliphatic rings. The zero-order valence-corrected chi connectivity index (χ0v) is 17.3. The molecule has 0 unspecified atom stereocenters. The summed E-state index contributed by atoms with van der Waals surface area (Å²) in [6.07, 6.45) is 4.70. The van der Waals surface area contributed by atoms with Gasteiger partial charge in [0.05, 0.1) is 34.8 Å². The number of carbonyl (C=O) groups is 1. The smallest absolute Gasteiger partial charge is 0.253 e. The van der Waals surface area contributed by atoms with Crippen LogP contribution in [0.3, 0.4) is 0 Å². The van der Waals surface area contributed by atoms with Crippen LogP contribution in [0.15, 0.2) is 12.1 Å². The number of aromatic nitrogens is 2. The molecule has 0 aliphatic heterocycles. The number of aryl methyl sites for hydroxylation is 1. The van der Waals surface area contributed by atoms with E-state index >= 15 is 0 Å². The molecule has 2 aromatic rings. The molecule has 1 aromatic carbocycles. The number of anilines is 1. The quantitative estimate of drug-likeness (QED) is 0.734. The van der Waals surface area contributed by atoms with Gasteiger partial charge in [0.25, 0.3) is 5.91 Å². The number of aliphatic hydroxyl groups excluding tert-OH is 1. The number of halogens is 1. The summed E-state index contributed by atoms with van der Waals surface area (Å²) in [6.45, 7) is 6.44. The zero-order valence-electron chi connectivity index (χ0n) is 17.3. The molecule has 1 amide bonds. The number of carbonyl (C=O) groups excluding carboxylic acids is 1. The molecular weight excluding hydrogens is 371 g/mol. The largest absolute Gasteiger partial charge is 0.391 e. The molecule has 1 aromatic heterocycles. The molecule has 2 aliphatic carbocycles. The van der Waals surface area contributed by atoms with Gasteiger partial charge >= 0.3 is 0 Å². The van der Waals surface area contributed by atoms with Gasteiger partial charge in [-0.25, -0.2) is 9.07 Å². The molecule has 0 bridgehead atoms. The summed E-state index contributed by atoms with van der Waals surface area (Å²) in [4.78, 5) is 11.9. The summed E-state index contributed by atoms with van der Waals surface area (Å²) in [5.74, 6) is -1.51. The maximum Gasteiger partial charge on any atom is 0.253 e. The lowest BCUT2D eigenvalue weighted by Gasteiger charge is -2.30. The molecular formula is C22H29FN4O2. The number of hydrogen-bond acceptors (Lipinski definition) is 4. The van der Waals surface area contributed by atoms with E-state index in [4.69, 9.17) is 5.73 Å². The third-order valence-electron chi connectivity index (χ3n) is 6.37. The topological polar surface area (TPSA) is 93.2 Å². The van der Waals surface area contributed by atoms with E-state index in [1.165, 1.54) is 11.6 Å². The first-order valence-electron chi connectivity index (χ1n) is 10.3. The number of benzene rings is 1. The van der Waals surface area contributed by atoms with Gasteiger partial charge in [-0.05, 0) is 62.5 Å². The molecule has 4 rings (SSSR count). The van der Waals surface area contributed by atoms with E-state index in [1.807, 2.05) is 6.92 Å². The molecule has 0 spiro atoms. The van der Waals surface area contributed by atoms with Crippen LogP contribution in [0, 0.1) is 18.2 Å². The van der Waals surface area contributed by atoms with Crippen molar-refractivity contribution in [3.8, 4) is 5.69 Å². The highest BCUT2D eigenvalue weighted by Gasteiger charge is 2.31. The SMILES string of the molecule is Cc1nn(-c2cc(F)c(C(N)=O)c(N[C@@H]3CCC[C@H]3O)c2)c2c1CCC(C)(C)C2. The van der Waals surface area contributed by atoms with E-state index in [1.54, 1.807) is 10.7 Å². The van der Waals surface area contributed by atoms with Crippen molar-refractivity contribution in [3.63, 3.8) is 0 Å². The lowest BCUT2D eigenvalue weighted by atomic mass is 9.76. The van der Waals surface area contributed by atoms with E-state index in [0.717, 1.165) is 43.5 Å². The van der Waals surface area contributed by atoms with Crippen molar-refractivity contribution in [2.24, 2.45) is 11.1 Å². The number of fused-ring (bicyclic) bond motifs is 1. The predicted molar refractivity (Wildman–Crippen MR) is 110 cm³/mol. The number of primary amides is 1. The highest BCUT2D eigenvalue weighted by Crippen LogP contribution is 2.38. The van der Waals surface area contributed by atoms with Gasteiger partial charge in [-0.3, -0.25) is 4.79 Å². The summed E-state index contributed by atoms with van der Waals surface area (Å²) in [5.41, 5.74) is 9.59. The van der Waals surface area contributed by atoms with Crippen LogP contribution >= 0.6 is 0 Å². The Balaban J connectivity index is 1.81. The Kier molecular flexibility index (Phi) is 4.89. The zero-order chi connectivity index (χ0) is 20.9. The monoisotopic (exact) mass is 400 g/mol. The van der Waals surface area contributed by atoms with Gasteiger partial charge in [0.2, 0.25) is 0 Å². The van der Waals surface area contributed by atoms with Gasteiger partial charge in [0.1, 0.15) is 5.82 Å². The summed E-state index contributed by atoms with van der Waals surface area (Å²) >= 11 is 0. The van der Waals surface area contributed by atoms with Crippen molar-refractivity contribution in [3.05, 3.63) is 40.5 Å². The van der Waals surface area contributed by atoms with E-state index in [0.29, 0.717) is 17.8 Å². The fraction of sp³-hybridized carbons (Fsp3) is 0.545. The second-order valence-corrected chi connectivity index (χ2v) is 9.23. The van der Waals surface area contributed by atoms with E-state index < -0.39 is 17.8 Å². The minimum atomic E-state index is -0.830. The van der Waals surface area contributed by atoms with E-state index in [-0.39, 0.29) is 17.0 Å². The standard InChI is InChI=1S/C22H29FN4O2/c1-12-14-7-8-22(2,3)11-18(14)27(26-12)13-9-15(23)20(21(24)29)17(10-13)25-16-5-4-6-19(16)28/h9-10,16,19,25,28H,4-8,11H2,1-3H3,(H2,24,29)/t16-,19-/m1/s1. The average Bonchev–Trinajstić information content (AvgIpc) is 3.16. The molecule has 4 N–H and O–H groups in total.